The molecule has 0 atom stereocenters. The molecule has 3 nitrogen and oxygen atoms in total. The monoisotopic (exact) mass is 292 g/mol. The second kappa shape index (κ2) is 6.39. The highest BCUT2D eigenvalue weighted by molar-refractivity contribution is 6.31. The van der Waals surface area contributed by atoms with Crippen molar-refractivity contribution in [3.63, 3.8) is 0 Å². The molecule has 0 aliphatic rings. The van der Waals surface area contributed by atoms with Gasteiger partial charge >= 0.3 is 0 Å². The molecule has 3 N–H and O–H groups in total. The van der Waals surface area contributed by atoms with E-state index in [4.69, 9.17) is 17.3 Å². The first-order valence-electron chi connectivity index (χ1n) is 6.14. The molecule has 0 fully saturated rings. The number of carbonyl (C=O) groups excluding carboxylic acids is 1. The largest absolute Gasteiger partial charge is 0.399 e. The number of nitrogens with two attached hydrogens (primary N) is 1. The van der Waals surface area contributed by atoms with E-state index < -0.39 is 0 Å². The Morgan fingerprint density at radius 2 is 2.00 bits per heavy atom. The molecule has 1 amide bonds. The second-order valence-corrected chi connectivity index (χ2v) is 4.81. The van der Waals surface area contributed by atoms with Crippen LogP contribution in [0.3, 0.4) is 0 Å². The average Bonchev–Trinajstić information content (AvgIpc) is 2.39. The highest BCUT2D eigenvalue weighted by atomic mass is 35.5. The van der Waals surface area contributed by atoms with E-state index in [1.54, 1.807) is 30.3 Å². The van der Waals surface area contributed by atoms with Gasteiger partial charge in [0.15, 0.2) is 0 Å². The van der Waals surface area contributed by atoms with Gasteiger partial charge in [-0.3, -0.25) is 4.79 Å². The van der Waals surface area contributed by atoms with E-state index in [9.17, 15) is 9.18 Å². The molecule has 0 heterocycles. The number of amides is 1. The molecule has 0 saturated heterocycles. The summed E-state index contributed by atoms with van der Waals surface area (Å²) in [5.41, 5.74) is 7.01. The number of nitrogens with one attached hydrogen (secondary N) is 1. The summed E-state index contributed by atoms with van der Waals surface area (Å²) in [6.07, 6.45) is 0.425. The number of anilines is 1. The van der Waals surface area contributed by atoms with E-state index in [1.165, 1.54) is 12.1 Å². The molecule has 5 heteroatoms. The van der Waals surface area contributed by atoms with Gasteiger partial charge in [-0.15, -0.1) is 0 Å². The Hall–Kier alpha value is -2.07. The number of hydrogen-bond donors (Lipinski definition) is 2. The minimum atomic E-state index is -0.282. The van der Waals surface area contributed by atoms with E-state index in [-0.39, 0.29) is 11.7 Å². The van der Waals surface area contributed by atoms with Gasteiger partial charge in [-0.1, -0.05) is 29.8 Å². The number of benzene rings is 2. The Balaban J connectivity index is 1.94. The molecule has 2 rings (SSSR count). The van der Waals surface area contributed by atoms with Crippen molar-refractivity contribution in [1.82, 2.24) is 5.32 Å². The lowest BCUT2D eigenvalue weighted by atomic mass is 10.1. The summed E-state index contributed by atoms with van der Waals surface area (Å²) in [7, 11) is 0. The molecule has 0 spiro atoms. The number of halogens is 2. The first-order valence-corrected chi connectivity index (χ1v) is 6.52. The number of carbonyl (C=O) groups is 1. The zero-order chi connectivity index (χ0) is 14.5. The van der Waals surface area contributed by atoms with Gasteiger partial charge in [0, 0.05) is 22.8 Å². The Morgan fingerprint density at radius 3 is 2.70 bits per heavy atom. The van der Waals surface area contributed by atoms with Crippen LogP contribution >= 0.6 is 11.6 Å². The molecule has 0 unspecified atom stereocenters. The number of rotatable bonds is 4. The molecule has 20 heavy (non-hydrogen) atoms. The quantitative estimate of drug-likeness (QED) is 0.851. The van der Waals surface area contributed by atoms with Crippen molar-refractivity contribution in [1.29, 1.82) is 0 Å². The van der Waals surface area contributed by atoms with Crippen molar-refractivity contribution >= 4 is 23.2 Å². The highest BCUT2D eigenvalue weighted by Gasteiger charge is 2.07. The van der Waals surface area contributed by atoms with Gasteiger partial charge in [0.1, 0.15) is 5.82 Å². The maximum Gasteiger partial charge on any atom is 0.251 e. The Bertz CT molecular complexity index is 611. The van der Waals surface area contributed by atoms with Crippen LogP contribution in [0.15, 0.2) is 42.5 Å². The summed E-state index contributed by atoms with van der Waals surface area (Å²) >= 11 is 5.84. The summed E-state index contributed by atoms with van der Waals surface area (Å²) in [6, 6.07) is 11.1. The summed E-state index contributed by atoms with van der Waals surface area (Å²) in [5, 5.41) is 3.12. The summed E-state index contributed by atoms with van der Waals surface area (Å²) in [6.45, 7) is 0.339. The molecular formula is C15H14ClFN2O. The van der Waals surface area contributed by atoms with Crippen molar-refractivity contribution in [3.8, 4) is 0 Å². The van der Waals surface area contributed by atoms with Crippen LogP contribution in [-0.4, -0.2) is 12.5 Å². The van der Waals surface area contributed by atoms with Gasteiger partial charge in [-0.2, -0.15) is 0 Å². The Morgan fingerprint density at radius 1 is 1.25 bits per heavy atom. The van der Waals surface area contributed by atoms with Crippen molar-refractivity contribution < 1.29 is 9.18 Å². The molecule has 2 aromatic rings. The fourth-order valence-corrected chi connectivity index (χ4v) is 2.10. The van der Waals surface area contributed by atoms with Crippen LogP contribution in [0.2, 0.25) is 5.02 Å². The van der Waals surface area contributed by atoms with Crippen molar-refractivity contribution in [3.05, 3.63) is 64.4 Å². The lowest BCUT2D eigenvalue weighted by molar-refractivity contribution is 0.0954. The van der Waals surface area contributed by atoms with Crippen LogP contribution in [0.25, 0.3) is 0 Å². The van der Waals surface area contributed by atoms with Crippen LogP contribution in [-0.2, 0) is 6.42 Å². The standard InChI is InChI=1S/C15H14ClFN2O/c16-12-7-11(8-13(18)9-12)15(20)19-6-5-10-3-1-2-4-14(10)17/h1-4,7-9H,5-6,18H2,(H,19,20). The van der Waals surface area contributed by atoms with Gasteiger partial charge < -0.3 is 11.1 Å². The van der Waals surface area contributed by atoms with Crippen molar-refractivity contribution in [2.45, 2.75) is 6.42 Å². The van der Waals surface area contributed by atoms with Crippen LogP contribution < -0.4 is 11.1 Å². The maximum atomic E-state index is 13.4. The Kier molecular flexibility index (Phi) is 4.58. The fraction of sp³-hybridized carbons (Fsp3) is 0.133. The summed E-state index contributed by atoms with van der Waals surface area (Å²) in [5.74, 6) is -0.552. The average molecular weight is 293 g/mol. The normalized spacial score (nSPS) is 10.3. The number of nitrogen functional groups attached to an aromatic ring is 1. The third kappa shape index (κ3) is 3.71. The minimum Gasteiger partial charge on any atom is -0.399 e. The van der Waals surface area contributed by atoms with Gasteiger partial charge in [-0.25, -0.2) is 4.39 Å². The first kappa shape index (κ1) is 14.3. The Labute approximate surface area is 121 Å². The predicted octanol–water partition coefficient (Wildman–Crippen LogP) is 3.03. The molecule has 0 saturated carbocycles. The third-order valence-corrected chi connectivity index (χ3v) is 3.04. The van der Waals surface area contributed by atoms with Gasteiger partial charge in [0.05, 0.1) is 0 Å². The van der Waals surface area contributed by atoms with Crippen molar-refractivity contribution in [2.24, 2.45) is 0 Å². The van der Waals surface area contributed by atoms with Gasteiger partial charge in [0.25, 0.3) is 5.91 Å². The smallest absolute Gasteiger partial charge is 0.251 e. The van der Waals surface area contributed by atoms with E-state index >= 15 is 0 Å². The zero-order valence-electron chi connectivity index (χ0n) is 10.7. The predicted molar refractivity (Wildman–Crippen MR) is 78.3 cm³/mol. The minimum absolute atomic E-state index is 0.270. The molecule has 104 valence electrons. The molecule has 0 bridgehead atoms. The van der Waals surface area contributed by atoms with Crippen LogP contribution in [0.5, 0.6) is 0 Å². The number of hydrogen-bond acceptors (Lipinski definition) is 2. The maximum absolute atomic E-state index is 13.4. The second-order valence-electron chi connectivity index (χ2n) is 4.37. The van der Waals surface area contributed by atoms with E-state index in [2.05, 4.69) is 5.32 Å². The van der Waals surface area contributed by atoms with Gasteiger partial charge in [0.2, 0.25) is 0 Å². The molecule has 0 aliphatic carbocycles. The van der Waals surface area contributed by atoms with Crippen LogP contribution in [0.1, 0.15) is 15.9 Å². The first-order chi connectivity index (χ1) is 9.56. The molecule has 0 radical (unpaired) electrons. The molecular weight excluding hydrogens is 279 g/mol. The molecule has 2 aromatic carbocycles. The lowest BCUT2D eigenvalue weighted by Crippen LogP contribution is -2.26. The van der Waals surface area contributed by atoms with Crippen molar-refractivity contribution in [2.75, 3.05) is 12.3 Å². The van der Waals surface area contributed by atoms with E-state index in [0.29, 0.717) is 34.8 Å². The zero-order valence-corrected chi connectivity index (χ0v) is 11.5. The van der Waals surface area contributed by atoms with Gasteiger partial charge in [-0.05, 0) is 36.2 Å². The fourth-order valence-electron chi connectivity index (χ4n) is 1.86. The topological polar surface area (TPSA) is 55.1 Å². The van der Waals surface area contributed by atoms with Crippen LogP contribution in [0.4, 0.5) is 10.1 Å². The summed E-state index contributed by atoms with van der Waals surface area (Å²) in [4.78, 5) is 11.9. The highest BCUT2D eigenvalue weighted by Crippen LogP contribution is 2.16. The third-order valence-electron chi connectivity index (χ3n) is 2.82. The molecule has 0 aliphatic heterocycles. The SMILES string of the molecule is Nc1cc(Cl)cc(C(=O)NCCc2ccccc2F)c1. The molecule has 0 aromatic heterocycles. The lowest BCUT2D eigenvalue weighted by Gasteiger charge is -2.07. The van der Waals surface area contributed by atoms with E-state index in [1.807, 2.05) is 0 Å². The van der Waals surface area contributed by atoms with E-state index in [0.717, 1.165) is 0 Å². The van der Waals surface area contributed by atoms with Crippen LogP contribution in [0, 0.1) is 5.82 Å². The summed E-state index contributed by atoms with van der Waals surface area (Å²) < 4.78 is 13.4.